The Morgan fingerprint density at radius 2 is 2.26 bits per heavy atom. The molecule has 1 aliphatic heterocycles. The van der Waals surface area contributed by atoms with Crippen molar-refractivity contribution >= 4 is 5.96 Å². The third kappa shape index (κ3) is 6.78. The summed E-state index contributed by atoms with van der Waals surface area (Å²) >= 11 is 0. The Balaban J connectivity index is 2.08. The molecule has 0 saturated carbocycles. The van der Waals surface area contributed by atoms with Gasteiger partial charge in [0.2, 0.25) is 0 Å². The number of nitrogens with zero attached hydrogens (tertiary/aromatic N) is 2. The van der Waals surface area contributed by atoms with Gasteiger partial charge < -0.3 is 15.8 Å². The van der Waals surface area contributed by atoms with Crippen molar-refractivity contribution in [2.75, 3.05) is 39.4 Å². The summed E-state index contributed by atoms with van der Waals surface area (Å²) in [6, 6.07) is 0.575. The van der Waals surface area contributed by atoms with Crippen LogP contribution >= 0.6 is 0 Å². The van der Waals surface area contributed by atoms with Gasteiger partial charge >= 0.3 is 0 Å². The molecule has 1 heterocycles. The van der Waals surface area contributed by atoms with Crippen LogP contribution < -0.4 is 11.1 Å². The summed E-state index contributed by atoms with van der Waals surface area (Å²) in [5.74, 6) is 0.544. The number of nitrogens with one attached hydrogen (secondary N) is 1. The van der Waals surface area contributed by atoms with E-state index in [0.29, 0.717) is 18.6 Å². The van der Waals surface area contributed by atoms with E-state index in [2.05, 4.69) is 29.1 Å². The van der Waals surface area contributed by atoms with Crippen molar-refractivity contribution in [1.29, 1.82) is 0 Å². The molecule has 0 amide bonds. The molecule has 1 unspecified atom stereocenters. The van der Waals surface area contributed by atoms with Crippen molar-refractivity contribution in [2.45, 2.75) is 45.6 Å². The van der Waals surface area contributed by atoms with Gasteiger partial charge in [-0.25, -0.2) is 0 Å². The second-order valence-corrected chi connectivity index (χ2v) is 5.04. The fourth-order valence-electron chi connectivity index (χ4n) is 2.38. The van der Waals surface area contributed by atoms with Gasteiger partial charge in [-0.1, -0.05) is 20.3 Å². The van der Waals surface area contributed by atoms with E-state index < -0.39 is 0 Å². The van der Waals surface area contributed by atoms with Crippen LogP contribution in [0.2, 0.25) is 0 Å². The number of nitrogens with two attached hydrogens (primary N) is 1. The van der Waals surface area contributed by atoms with Crippen LogP contribution in [0.3, 0.4) is 0 Å². The summed E-state index contributed by atoms with van der Waals surface area (Å²) in [6.07, 6.45) is 4.82. The van der Waals surface area contributed by atoms with Crippen molar-refractivity contribution in [3.63, 3.8) is 0 Å². The van der Waals surface area contributed by atoms with Crippen LogP contribution in [-0.4, -0.2) is 56.3 Å². The zero-order chi connectivity index (χ0) is 13.9. The molecule has 0 radical (unpaired) electrons. The van der Waals surface area contributed by atoms with Crippen molar-refractivity contribution < 1.29 is 4.74 Å². The molecule has 1 fully saturated rings. The molecular weight excluding hydrogens is 240 g/mol. The van der Waals surface area contributed by atoms with Crippen LogP contribution in [0.4, 0.5) is 0 Å². The molecule has 19 heavy (non-hydrogen) atoms. The molecule has 1 aliphatic rings. The van der Waals surface area contributed by atoms with Gasteiger partial charge in [0.25, 0.3) is 0 Å². The van der Waals surface area contributed by atoms with Gasteiger partial charge in [-0.3, -0.25) is 9.89 Å². The highest BCUT2D eigenvalue weighted by Gasteiger charge is 2.22. The molecular formula is C14H30N4O. The Bertz CT molecular complexity index is 258. The van der Waals surface area contributed by atoms with Crippen LogP contribution in [0.15, 0.2) is 4.99 Å². The first-order valence-corrected chi connectivity index (χ1v) is 7.63. The Kier molecular flexibility index (Phi) is 8.58. The van der Waals surface area contributed by atoms with E-state index in [4.69, 9.17) is 10.5 Å². The zero-order valence-electron chi connectivity index (χ0n) is 12.5. The standard InChI is InChI=1S/C14H30N4O/c1-3-5-10-19-11-8-16-14(15)17-12-13-7-6-9-18(13)4-2/h13H,3-12H2,1-2H3,(H3,15,16,17). The number of rotatable bonds is 9. The second-order valence-electron chi connectivity index (χ2n) is 5.04. The SMILES string of the molecule is CCCCOCCNC(N)=NCC1CCCN1CC. The summed E-state index contributed by atoms with van der Waals surface area (Å²) in [6.45, 7) is 9.76. The minimum atomic E-state index is 0.544. The Morgan fingerprint density at radius 1 is 1.42 bits per heavy atom. The largest absolute Gasteiger partial charge is 0.380 e. The van der Waals surface area contributed by atoms with Crippen molar-refractivity contribution in [3.05, 3.63) is 0 Å². The Morgan fingerprint density at radius 3 is 3.00 bits per heavy atom. The van der Waals surface area contributed by atoms with E-state index in [9.17, 15) is 0 Å². The number of likely N-dealkylation sites (N-methyl/N-ethyl adjacent to an activating group) is 1. The molecule has 112 valence electrons. The van der Waals surface area contributed by atoms with Crippen molar-refractivity contribution in [3.8, 4) is 0 Å². The average molecular weight is 270 g/mol. The number of ether oxygens (including phenoxy) is 1. The van der Waals surface area contributed by atoms with E-state index in [1.54, 1.807) is 0 Å². The first-order valence-electron chi connectivity index (χ1n) is 7.63. The first-order chi connectivity index (χ1) is 9.27. The third-order valence-electron chi connectivity index (χ3n) is 3.57. The normalized spacial score (nSPS) is 20.9. The number of hydrogen-bond acceptors (Lipinski definition) is 3. The van der Waals surface area contributed by atoms with Gasteiger partial charge in [0.05, 0.1) is 13.2 Å². The second kappa shape index (κ2) is 10.0. The maximum Gasteiger partial charge on any atom is 0.188 e. The maximum absolute atomic E-state index is 5.84. The van der Waals surface area contributed by atoms with Crippen molar-refractivity contribution in [2.24, 2.45) is 10.7 Å². The summed E-state index contributed by atoms with van der Waals surface area (Å²) in [7, 11) is 0. The highest BCUT2D eigenvalue weighted by molar-refractivity contribution is 5.77. The minimum absolute atomic E-state index is 0.544. The molecule has 0 bridgehead atoms. The molecule has 0 aromatic rings. The molecule has 0 aromatic heterocycles. The van der Waals surface area contributed by atoms with Gasteiger partial charge in [-0.05, 0) is 32.4 Å². The molecule has 0 aromatic carbocycles. The molecule has 1 saturated heterocycles. The molecule has 3 N–H and O–H groups in total. The molecule has 0 aliphatic carbocycles. The number of guanidine groups is 1. The van der Waals surface area contributed by atoms with E-state index >= 15 is 0 Å². The highest BCUT2D eigenvalue weighted by Crippen LogP contribution is 2.16. The summed E-state index contributed by atoms with van der Waals surface area (Å²) in [5, 5.41) is 3.10. The molecule has 5 nitrogen and oxygen atoms in total. The third-order valence-corrected chi connectivity index (χ3v) is 3.57. The topological polar surface area (TPSA) is 62.9 Å². The lowest BCUT2D eigenvalue weighted by Gasteiger charge is -2.20. The van der Waals surface area contributed by atoms with Crippen LogP contribution in [-0.2, 0) is 4.74 Å². The van der Waals surface area contributed by atoms with Gasteiger partial charge in [-0.2, -0.15) is 0 Å². The minimum Gasteiger partial charge on any atom is -0.380 e. The zero-order valence-corrected chi connectivity index (χ0v) is 12.5. The van der Waals surface area contributed by atoms with E-state index in [-0.39, 0.29) is 0 Å². The van der Waals surface area contributed by atoms with Crippen molar-refractivity contribution in [1.82, 2.24) is 10.2 Å². The first kappa shape index (κ1) is 16.2. The lowest BCUT2D eigenvalue weighted by atomic mass is 10.2. The van der Waals surface area contributed by atoms with Crippen LogP contribution in [0.1, 0.15) is 39.5 Å². The van der Waals surface area contributed by atoms with Crippen LogP contribution in [0.5, 0.6) is 0 Å². The summed E-state index contributed by atoms with van der Waals surface area (Å²) < 4.78 is 5.46. The van der Waals surface area contributed by atoms with E-state index in [1.165, 1.54) is 25.8 Å². The Hall–Kier alpha value is -0.810. The molecule has 1 rings (SSSR count). The fourth-order valence-corrected chi connectivity index (χ4v) is 2.38. The number of likely N-dealkylation sites (tertiary alicyclic amines) is 1. The van der Waals surface area contributed by atoms with Gasteiger partial charge in [0, 0.05) is 19.2 Å². The lowest BCUT2D eigenvalue weighted by Crippen LogP contribution is -2.37. The van der Waals surface area contributed by atoms with E-state index in [1.807, 2.05) is 0 Å². The number of hydrogen-bond donors (Lipinski definition) is 2. The van der Waals surface area contributed by atoms with E-state index in [0.717, 1.165) is 32.7 Å². The predicted octanol–water partition coefficient (Wildman–Crippen LogP) is 1.19. The van der Waals surface area contributed by atoms with Gasteiger partial charge in [0.1, 0.15) is 0 Å². The van der Waals surface area contributed by atoms with Crippen LogP contribution in [0, 0.1) is 0 Å². The molecule has 5 heteroatoms. The monoisotopic (exact) mass is 270 g/mol. The maximum atomic E-state index is 5.84. The number of unbranched alkanes of at least 4 members (excludes halogenated alkanes) is 1. The average Bonchev–Trinajstić information content (AvgIpc) is 2.88. The summed E-state index contributed by atoms with van der Waals surface area (Å²) in [4.78, 5) is 6.90. The summed E-state index contributed by atoms with van der Waals surface area (Å²) in [5.41, 5.74) is 5.84. The van der Waals surface area contributed by atoms with Gasteiger partial charge in [0.15, 0.2) is 5.96 Å². The quantitative estimate of drug-likeness (QED) is 0.375. The smallest absolute Gasteiger partial charge is 0.188 e. The lowest BCUT2D eigenvalue weighted by molar-refractivity contribution is 0.136. The van der Waals surface area contributed by atoms with Crippen LogP contribution in [0.25, 0.3) is 0 Å². The Labute approximate surface area is 117 Å². The van der Waals surface area contributed by atoms with Gasteiger partial charge in [-0.15, -0.1) is 0 Å². The number of aliphatic imine (C=N–C) groups is 1. The molecule has 0 spiro atoms. The predicted molar refractivity (Wildman–Crippen MR) is 80.5 cm³/mol. The highest BCUT2D eigenvalue weighted by atomic mass is 16.5. The molecule has 1 atom stereocenters. The fraction of sp³-hybridized carbons (Fsp3) is 0.929.